The summed E-state index contributed by atoms with van der Waals surface area (Å²) in [5.41, 5.74) is -0.0572. The fraction of sp³-hybridized carbons (Fsp3) is 0.571. The molecule has 1 aliphatic carbocycles. The van der Waals surface area contributed by atoms with Crippen LogP contribution in [0.4, 0.5) is 11.4 Å². The number of ether oxygens (including phenoxy) is 1. The number of nitrogens with zero attached hydrogens (tertiary/aromatic N) is 1. The molecule has 6 nitrogen and oxygen atoms in total. The third kappa shape index (κ3) is 3.41. The van der Waals surface area contributed by atoms with E-state index in [9.17, 15) is 15.2 Å². The highest BCUT2D eigenvalue weighted by Crippen LogP contribution is 2.41. The van der Waals surface area contributed by atoms with Gasteiger partial charge in [0.05, 0.1) is 17.6 Å². The predicted octanol–water partition coefficient (Wildman–Crippen LogP) is 2.66. The highest BCUT2D eigenvalue weighted by molar-refractivity contribution is 8.00. The van der Waals surface area contributed by atoms with Gasteiger partial charge in [0.2, 0.25) is 0 Å². The summed E-state index contributed by atoms with van der Waals surface area (Å²) in [7, 11) is 1.40. The maximum absolute atomic E-state index is 10.8. The average molecular weight is 312 g/mol. The zero-order valence-electron chi connectivity index (χ0n) is 12.2. The molecule has 0 heterocycles. The van der Waals surface area contributed by atoms with Gasteiger partial charge in [0.15, 0.2) is 5.75 Å². The van der Waals surface area contributed by atoms with Crippen LogP contribution >= 0.6 is 11.8 Å². The van der Waals surface area contributed by atoms with E-state index >= 15 is 0 Å². The molecule has 0 amide bonds. The second-order valence-electron chi connectivity index (χ2n) is 5.08. The number of hydrogen-bond donors (Lipinski definition) is 2. The Bertz CT molecular complexity index is 526. The van der Waals surface area contributed by atoms with Crippen molar-refractivity contribution in [3.05, 3.63) is 28.3 Å². The summed E-state index contributed by atoms with van der Waals surface area (Å²) in [6.07, 6.45) is 1.81. The van der Waals surface area contributed by atoms with E-state index in [2.05, 4.69) is 12.2 Å². The molecule has 1 aromatic rings. The Hall–Kier alpha value is -1.47. The first-order valence-electron chi connectivity index (χ1n) is 6.90. The molecule has 0 spiro atoms. The number of rotatable bonds is 7. The van der Waals surface area contributed by atoms with Gasteiger partial charge in [-0.3, -0.25) is 10.1 Å². The number of methoxy groups -OCH3 is 1. The first kappa shape index (κ1) is 15.9. The predicted molar refractivity (Wildman–Crippen MR) is 84.2 cm³/mol. The molecule has 2 atom stereocenters. The Kier molecular flexibility index (Phi) is 4.95. The number of nitro groups is 1. The van der Waals surface area contributed by atoms with E-state index in [0.29, 0.717) is 12.2 Å². The summed E-state index contributed by atoms with van der Waals surface area (Å²) in [6, 6.07) is 4.62. The number of thioether (sulfide) groups is 1. The Morgan fingerprint density at radius 3 is 2.90 bits per heavy atom. The number of benzene rings is 1. The normalized spacial score (nSPS) is 24.2. The highest BCUT2D eigenvalue weighted by Gasteiger charge is 2.44. The Balaban J connectivity index is 2.02. The lowest BCUT2D eigenvalue weighted by Gasteiger charge is -2.45. The first-order chi connectivity index (χ1) is 10.00. The molecule has 2 rings (SSSR count). The van der Waals surface area contributed by atoms with Crippen LogP contribution in [0.15, 0.2) is 18.2 Å². The molecule has 21 heavy (non-hydrogen) atoms. The summed E-state index contributed by atoms with van der Waals surface area (Å²) in [4.78, 5) is 10.4. The summed E-state index contributed by atoms with van der Waals surface area (Å²) in [5, 5.41) is 24.8. The van der Waals surface area contributed by atoms with Crippen LogP contribution in [0, 0.1) is 10.1 Å². The third-order valence-corrected chi connectivity index (χ3v) is 5.19. The Morgan fingerprint density at radius 1 is 1.62 bits per heavy atom. The molecular weight excluding hydrogens is 292 g/mol. The largest absolute Gasteiger partial charge is 0.490 e. The molecule has 0 saturated heterocycles. The van der Waals surface area contributed by atoms with Gasteiger partial charge in [0.1, 0.15) is 0 Å². The quantitative estimate of drug-likeness (QED) is 0.595. The minimum atomic E-state index is -0.699. The van der Waals surface area contributed by atoms with Crippen molar-refractivity contribution in [3.63, 3.8) is 0 Å². The molecule has 1 aromatic carbocycles. The molecule has 0 radical (unpaired) electrons. The lowest BCUT2D eigenvalue weighted by Crippen LogP contribution is -2.54. The number of anilines is 1. The molecule has 1 fully saturated rings. The fourth-order valence-electron chi connectivity index (χ4n) is 2.43. The van der Waals surface area contributed by atoms with Gasteiger partial charge in [-0.15, -0.1) is 0 Å². The lowest BCUT2D eigenvalue weighted by molar-refractivity contribution is -0.385. The molecule has 1 aliphatic rings. The first-order valence-corrected chi connectivity index (χ1v) is 7.95. The van der Waals surface area contributed by atoms with Gasteiger partial charge in [-0.25, -0.2) is 0 Å². The number of nitro benzene ring substituents is 1. The number of aliphatic hydroxyl groups is 1. The van der Waals surface area contributed by atoms with Gasteiger partial charge in [0.25, 0.3) is 0 Å². The molecule has 7 heteroatoms. The van der Waals surface area contributed by atoms with E-state index < -0.39 is 10.5 Å². The zero-order chi connectivity index (χ0) is 15.5. The van der Waals surface area contributed by atoms with Crippen LogP contribution in [0.2, 0.25) is 0 Å². The van der Waals surface area contributed by atoms with Crippen molar-refractivity contribution in [2.24, 2.45) is 0 Å². The lowest BCUT2D eigenvalue weighted by atomic mass is 9.79. The van der Waals surface area contributed by atoms with Crippen molar-refractivity contribution in [2.75, 3.05) is 24.7 Å². The van der Waals surface area contributed by atoms with Gasteiger partial charge in [0, 0.05) is 29.6 Å². The molecule has 1 saturated carbocycles. The summed E-state index contributed by atoms with van der Waals surface area (Å²) in [5.74, 6) is 1.20. The van der Waals surface area contributed by atoms with Crippen molar-refractivity contribution in [1.82, 2.24) is 0 Å². The van der Waals surface area contributed by atoms with Crippen LogP contribution in [0.3, 0.4) is 0 Å². The van der Waals surface area contributed by atoms with E-state index in [1.807, 2.05) is 0 Å². The molecule has 2 N–H and O–H groups in total. The highest BCUT2D eigenvalue weighted by atomic mass is 32.2. The SMILES string of the molecule is CCSC1CCC1(O)CNc1ccc([N+](=O)[O-])c(OC)c1. The van der Waals surface area contributed by atoms with Crippen molar-refractivity contribution >= 4 is 23.1 Å². The van der Waals surface area contributed by atoms with Crippen LogP contribution in [-0.2, 0) is 0 Å². The van der Waals surface area contributed by atoms with Crippen LogP contribution in [0.1, 0.15) is 19.8 Å². The van der Waals surface area contributed by atoms with E-state index in [4.69, 9.17) is 4.74 Å². The van der Waals surface area contributed by atoms with Crippen LogP contribution in [0.25, 0.3) is 0 Å². The van der Waals surface area contributed by atoms with Gasteiger partial charge in [-0.05, 0) is 24.7 Å². The zero-order valence-corrected chi connectivity index (χ0v) is 13.0. The van der Waals surface area contributed by atoms with E-state index in [-0.39, 0.29) is 16.7 Å². The van der Waals surface area contributed by atoms with Gasteiger partial charge in [-0.2, -0.15) is 11.8 Å². The van der Waals surface area contributed by atoms with Crippen molar-refractivity contribution in [2.45, 2.75) is 30.6 Å². The van der Waals surface area contributed by atoms with Gasteiger partial charge >= 0.3 is 5.69 Å². The minimum Gasteiger partial charge on any atom is -0.490 e. The van der Waals surface area contributed by atoms with Crippen molar-refractivity contribution in [1.29, 1.82) is 0 Å². The maximum atomic E-state index is 10.8. The Labute approximate surface area is 128 Å². The molecule has 116 valence electrons. The van der Waals surface area contributed by atoms with Gasteiger partial charge in [-0.1, -0.05) is 6.92 Å². The van der Waals surface area contributed by atoms with E-state index in [0.717, 1.165) is 18.6 Å². The smallest absolute Gasteiger partial charge is 0.311 e. The minimum absolute atomic E-state index is 0.0650. The molecule has 2 unspecified atom stereocenters. The van der Waals surface area contributed by atoms with Crippen molar-refractivity contribution in [3.8, 4) is 5.75 Å². The topological polar surface area (TPSA) is 84.6 Å². The second-order valence-corrected chi connectivity index (χ2v) is 6.56. The average Bonchev–Trinajstić information content (AvgIpc) is 2.48. The van der Waals surface area contributed by atoms with Gasteiger partial charge < -0.3 is 15.2 Å². The second kappa shape index (κ2) is 6.53. The van der Waals surface area contributed by atoms with Crippen LogP contribution in [-0.4, -0.2) is 40.3 Å². The Morgan fingerprint density at radius 2 is 2.38 bits per heavy atom. The monoisotopic (exact) mass is 312 g/mol. The summed E-state index contributed by atoms with van der Waals surface area (Å²) in [6.45, 7) is 2.52. The van der Waals surface area contributed by atoms with Crippen molar-refractivity contribution < 1.29 is 14.8 Å². The molecule has 0 aliphatic heterocycles. The van der Waals surface area contributed by atoms with E-state index in [1.54, 1.807) is 23.9 Å². The summed E-state index contributed by atoms with van der Waals surface area (Å²) >= 11 is 1.77. The fourth-order valence-corrected chi connectivity index (χ4v) is 3.63. The van der Waals surface area contributed by atoms with Crippen LogP contribution < -0.4 is 10.1 Å². The number of nitrogens with one attached hydrogen (secondary N) is 1. The third-order valence-electron chi connectivity index (χ3n) is 3.78. The number of hydrogen-bond acceptors (Lipinski definition) is 6. The molecular formula is C14H20N2O4S. The summed E-state index contributed by atoms with van der Waals surface area (Å²) < 4.78 is 5.03. The standard InChI is InChI=1S/C14H20N2O4S/c1-3-21-13-6-7-14(13,17)9-15-10-4-5-11(16(18)19)12(8-10)20-2/h4-5,8,13,15,17H,3,6-7,9H2,1-2H3. The maximum Gasteiger partial charge on any atom is 0.311 e. The van der Waals surface area contributed by atoms with E-state index in [1.165, 1.54) is 13.2 Å². The molecule has 0 aromatic heterocycles. The van der Waals surface area contributed by atoms with Crippen LogP contribution in [0.5, 0.6) is 5.75 Å². The molecule has 0 bridgehead atoms.